The van der Waals surface area contributed by atoms with E-state index in [0.29, 0.717) is 6.54 Å². The molecular formula is C14H17NO2S. The van der Waals surface area contributed by atoms with Gasteiger partial charge in [0.15, 0.2) is 0 Å². The van der Waals surface area contributed by atoms with E-state index in [9.17, 15) is 5.11 Å². The van der Waals surface area contributed by atoms with Gasteiger partial charge in [0.1, 0.15) is 11.9 Å². The van der Waals surface area contributed by atoms with Gasteiger partial charge in [-0.25, -0.2) is 0 Å². The van der Waals surface area contributed by atoms with Crippen LogP contribution in [0.1, 0.15) is 16.5 Å². The molecule has 3 nitrogen and oxygen atoms in total. The molecule has 0 aliphatic carbocycles. The molecular weight excluding hydrogens is 246 g/mol. The molecule has 1 aromatic carbocycles. The second kappa shape index (κ2) is 5.89. The number of aryl methyl sites for hydroxylation is 1. The van der Waals surface area contributed by atoms with Gasteiger partial charge in [-0.15, -0.1) is 11.3 Å². The molecule has 96 valence electrons. The quantitative estimate of drug-likeness (QED) is 0.870. The number of aliphatic hydroxyl groups excluding tert-OH is 1. The molecule has 2 rings (SSSR count). The molecule has 0 aliphatic heterocycles. The van der Waals surface area contributed by atoms with Crippen LogP contribution in [0.25, 0.3) is 0 Å². The van der Waals surface area contributed by atoms with Crippen LogP contribution in [0.15, 0.2) is 35.7 Å². The van der Waals surface area contributed by atoms with Gasteiger partial charge in [0, 0.05) is 17.1 Å². The molecule has 0 aliphatic rings. The van der Waals surface area contributed by atoms with Crippen LogP contribution in [0, 0.1) is 6.92 Å². The summed E-state index contributed by atoms with van der Waals surface area (Å²) in [5.74, 6) is 0.874. The van der Waals surface area contributed by atoms with E-state index in [1.165, 1.54) is 0 Å². The fraction of sp³-hybridized carbons (Fsp3) is 0.286. The van der Waals surface area contributed by atoms with E-state index in [0.717, 1.165) is 21.9 Å². The smallest absolute Gasteiger partial charge is 0.121 e. The zero-order valence-corrected chi connectivity index (χ0v) is 11.3. The van der Waals surface area contributed by atoms with Gasteiger partial charge < -0.3 is 15.2 Å². The first-order chi connectivity index (χ1) is 8.70. The molecule has 2 N–H and O–H groups in total. The first-order valence-electron chi connectivity index (χ1n) is 5.80. The molecule has 0 fully saturated rings. The number of thiophene rings is 1. The number of hydrogen-bond donors (Lipinski definition) is 2. The van der Waals surface area contributed by atoms with E-state index in [2.05, 4.69) is 5.32 Å². The van der Waals surface area contributed by atoms with Crippen LogP contribution < -0.4 is 10.1 Å². The molecule has 1 atom stereocenters. The van der Waals surface area contributed by atoms with E-state index in [1.54, 1.807) is 18.4 Å². The molecule has 1 aromatic heterocycles. The van der Waals surface area contributed by atoms with Crippen LogP contribution in [-0.2, 0) is 0 Å². The average molecular weight is 263 g/mol. The Morgan fingerprint density at radius 1 is 1.39 bits per heavy atom. The van der Waals surface area contributed by atoms with Crippen molar-refractivity contribution in [1.29, 1.82) is 0 Å². The Balaban J connectivity index is 1.96. The molecule has 1 heterocycles. The fourth-order valence-corrected chi connectivity index (χ4v) is 2.50. The first kappa shape index (κ1) is 12.9. The van der Waals surface area contributed by atoms with Gasteiger partial charge in [0.2, 0.25) is 0 Å². The van der Waals surface area contributed by atoms with Crippen molar-refractivity contribution < 1.29 is 9.84 Å². The third-order valence-electron chi connectivity index (χ3n) is 2.77. The standard InChI is InChI=1S/C14H17NO2S/c1-10-8-11(5-6-13(10)17-2)15-9-12(16)14-4-3-7-18-14/h3-8,12,15-16H,9H2,1-2H3. The number of nitrogens with one attached hydrogen (secondary N) is 1. The largest absolute Gasteiger partial charge is 0.496 e. The maximum absolute atomic E-state index is 9.96. The summed E-state index contributed by atoms with van der Waals surface area (Å²) in [6, 6.07) is 9.78. The molecule has 4 heteroatoms. The van der Waals surface area contributed by atoms with Crippen LogP contribution in [-0.4, -0.2) is 18.8 Å². The number of methoxy groups -OCH3 is 1. The van der Waals surface area contributed by atoms with Gasteiger partial charge >= 0.3 is 0 Å². The summed E-state index contributed by atoms with van der Waals surface area (Å²) in [5.41, 5.74) is 2.07. The highest BCUT2D eigenvalue weighted by Crippen LogP contribution is 2.23. The predicted molar refractivity (Wildman–Crippen MR) is 75.5 cm³/mol. The van der Waals surface area contributed by atoms with Crippen molar-refractivity contribution >= 4 is 17.0 Å². The summed E-state index contributed by atoms with van der Waals surface area (Å²) in [4.78, 5) is 0.979. The highest BCUT2D eigenvalue weighted by atomic mass is 32.1. The van der Waals surface area contributed by atoms with E-state index < -0.39 is 6.10 Å². The van der Waals surface area contributed by atoms with Gasteiger partial charge in [-0.1, -0.05) is 6.07 Å². The zero-order chi connectivity index (χ0) is 13.0. The summed E-state index contributed by atoms with van der Waals surface area (Å²) in [6.07, 6.45) is -0.465. The molecule has 0 saturated carbocycles. The van der Waals surface area contributed by atoms with Gasteiger partial charge in [-0.3, -0.25) is 0 Å². The Morgan fingerprint density at radius 2 is 2.22 bits per heavy atom. The van der Waals surface area contributed by atoms with Crippen LogP contribution in [0.2, 0.25) is 0 Å². The van der Waals surface area contributed by atoms with Crippen LogP contribution in [0.5, 0.6) is 5.75 Å². The van der Waals surface area contributed by atoms with Crippen LogP contribution >= 0.6 is 11.3 Å². The Hall–Kier alpha value is -1.52. The number of anilines is 1. The van der Waals surface area contributed by atoms with Crippen LogP contribution in [0.4, 0.5) is 5.69 Å². The molecule has 1 unspecified atom stereocenters. The molecule has 0 saturated heterocycles. The second-order valence-corrected chi connectivity index (χ2v) is 5.08. The second-order valence-electron chi connectivity index (χ2n) is 4.10. The van der Waals surface area contributed by atoms with E-state index >= 15 is 0 Å². The summed E-state index contributed by atoms with van der Waals surface area (Å²) in [5, 5.41) is 15.2. The fourth-order valence-electron chi connectivity index (χ4n) is 1.78. The van der Waals surface area contributed by atoms with Crippen molar-refractivity contribution in [3.05, 3.63) is 46.2 Å². The Kier molecular flexibility index (Phi) is 4.23. The number of ether oxygens (including phenoxy) is 1. The Labute approximate surface area is 111 Å². The van der Waals surface area contributed by atoms with Gasteiger partial charge in [0.05, 0.1) is 7.11 Å². The number of hydrogen-bond acceptors (Lipinski definition) is 4. The maximum atomic E-state index is 9.96. The third kappa shape index (κ3) is 3.03. The lowest BCUT2D eigenvalue weighted by molar-refractivity contribution is 0.195. The summed E-state index contributed by atoms with van der Waals surface area (Å²) >= 11 is 1.57. The zero-order valence-electron chi connectivity index (χ0n) is 10.5. The lowest BCUT2D eigenvalue weighted by Crippen LogP contribution is -2.11. The minimum absolute atomic E-state index is 0.465. The van der Waals surface area contributed by atoms with Crippen molar-refractivity contribution in [3.63, 3.8) is 0 Å². The van der Waals surface area contributed by atoms with Crippen LogP contribution in [0.3, 0.4) is 0 Å². The highest BCUT2D eigenvalue weighted by molar-refractivity contribution is 7.10. The average Bonchev–Trinajstić information content (AvgIpc) is 2.90. The van der Waals surface area contributed by atoms with Crippen molar-refractivity contribution in [2.75, 3.05) is 19.0 Å². The van der Waals surface area contributed by atoms with Crippen molar-refractivity contribution in [2.24, 2.45) is 0 Å². The van der Waals surface area contributed by atoms with Crippen molar-refractivity contribution in [1.82, 2.24) is 0 Å². The van der Waals surface area contributed by atoms with E-state index in [1.807, 2.05) is 42.6 Å². The molecule has 0 bridgehead atoms. The Bertz CT molecular complexity index is 497. The van der Waals surface area contributed by atoms with Gasteiger partial charge in [-0.2, -0.15) is 0 Å². The summed E-state index contributed by atoms with van der Waals surface area (Å²) in [6.45, 7) is 2.51. The topological polar surface area (TPSA) is 41.5 Å². The monoisotopic (exact) mass is 263 g/mol. The SMILES string of the molecule is COc1ccc(NCC(O)c2cccs2)cc1C. The number of benzene rings is 1. The molecule has 0 spiro atoms. The normalized spacial score (nSPS) is 12.2. The molecule has 0 amide bonds. The minimum Gasteiger partial charge on any atom is -0.496 e. The summed E-state index contributed by atoms with van der Waals surface area (Å²) < 4.78 is 5.21. The summed E-state index contributed by atoms with van der Waals surface area (Å²) in [7, 11) is 1.66. The lowest BCUT2D eigenvalue weighted by atomic mass is 10.2. The number of aliphatic hydroxyl groups is 1. The van der Waals surface area contributed by atoms with Crippen molar-refractivity contribution in [3.8, 4) is 5.75 Å². The lowest BCUT2D eigenvalue weighted by Gasteiger charge is -2.13. The van der Waals surface area contributed by atoms with E-state index in [-0.39, 0.29) is 0 Å². The molecule has 18 heavy (non-hydrogen) atoms. The third-order valence-corrected chi connectivity index (χ3v) is 3.74. The van der Waals surface area contributed by atoms with E-state index in [4.69, 9.17) is 4.74 Å². The van der Waals surface area contributed by atoms with Crippen molar-refractivity contribution in [2.45, 2.75) is 13.0 Å². The molecule has 0 radical (unpaired) electrons. The predicted octanol–water partition coefficient (Wildman–Crippen LogP) is 3.21. The van der Waals surface area contributed by atoms with Gasteiger partial charge in [-0.05, 0) is 42.1 Å². The number of rotatable bonds is 5. The Morgan fingerprint density at radius 3 is 2.83 bits per heavy atom. The molecule has 2 aromatic rings. The highest BCUT2D eigenvalue weighted by Gasteiger charge is 2.08. The maximum Gasteiger partial charge on any atom is 0.121 e. The first-order valence-corrected chi connectivity index (χ1v) is 6.68. The minimum atomic E-state index is -0.465. The van der Waals surface area contributed by atoms with Gasteiger partial charge in [0.25, 0.3) is 0 Å².